The maximum atomic E-state index is 12.3. The zero-order chi connectivity index (χ0) is 16.9. The lowest BCUT2D eigenvalue weighted by Crippen LogP contribution is -2.55. The molecule has 1 fully saturated rings. The van der Waals surface area contributed by atoms with Crippen molar-refractivity contribution in [2.45, 2.75) is 43.7 Å². The highest BCUT2D eigenvalue weighted by molar-refractivity contribution is 5.86. The fourth-order valence-corrected chi connectivity index (χ4v) is 2.91. The quantitative estimate of drug-likeness (QED) is 0.722. The van der Waals surface area contributed by atoms with Crippen LogP contribution in [-0.2, 0) is 4.79 Å². The van der Waals surface area contributed by atoms with Crippen LogP contribution in [0.5, 0.6) is 11.5 Å². The largest absolute Gasteiger partial charge is 0.497 e. The van der Waals surface area contributed by atoms with E-state index < -0.39 is 11.6 Å². The molecule has 0 aromatic heterocycles. The van der Waals surface area contributed by atoms with Crippen molar-refractivity contribution in [3.63, 3.8) is 0 Å². The summed E-state index contributed by atoms with van der Waals surface area (Å²) in [6.45, 7) is 0.105. The van der Waals surface area contributed by atoms with E-state index in [9.17, 15) is 9.90 Å². The Kier molecular flexibility index (Phi) is 7.79. The van der Waals surface area contributed by atoms with Crippen LogP contribution in [0.4, 0.5) is 0 Å². The maximum Gasteiger partial charge on any atom is 0.240 e. The van der Waals surface area contributed by atoms with E-state index in [1.54, 1.807) is 32.4 Å². The summed E-state index contributed by atoms with van der Waals surface area (Å²) in [5, 5.41) is 13.1. The highest BCUT2D eigenvalue weighted by Gasteiger charge is 2.35. The Morgan fingerprint density at radius 3 is 2.25 bits per heavy atom. The predicted molar refractivity (Wildman–Crippen MR) is 94.8 cm³/mol. The van der Waals surface area contributed by atoms with Crippen LogP contribution in [0.15, 0.2) is 18.2 Å². The molecule has 136 valence electrons. The van der Waals surface area contributed by atoms with E-state index in [1.807, 2.05) is 0 Å². The number of carbonyl (C=O) groups excluding carboxylic acids is 1. The van der Waals surface area contributed by atoms with Crippen molar-refractivity contribution in [3.8, 4) is 11.5 Å². The van der Waals surface area contributed by atoms with Crippen LogP contribution in [0, 0.1) is 0 Å². The lowest BCUT2D eigenvalue weighted by Gasteiger charge is -2.32. The van der Waals surface area contributed by atoms with Gasteiger partial charge in [-0.15, -0.1) is 12.4 Å². The van der Waals surface area contributed by atoms with Crippen LogP contribution in [0.1, 0.15) is 43.8 Å². The lowest BCUT2D eigenvalue weighted by atomic mass is 9.82. The molecule has 2 rings (SSSR count). The first kappa shape index (κ1) is 20.5. The van der Waals surface area contributed by atoms with Gasteiger partial charge in [0.15, 0.2) is 0 Å². The number of ether oxygens (including phenoxy) is 2. The fraction of sp³-hybridized carbons (Fsp3) is 0.588. The van der Waals surface area contributed by atoms with Gasteiger partial charge in [0, 0.05) is 12.6 Å². The Morgan fingerprint density at radius 2 is 1.75 bits per heavy atom. The van der Waals surface area contributed by atoms with Crippen LogP contribution < -0.4 is 20.5 Å². The zero-order valence-electron chi connectivity index (χ0n) is 14.2. The number of halogens is 1. The van der Waals surface area contributed by atoms with E-state index in [0.29, 0.717) is 29.9 Å². The molecule has 0 aliphatic heterocycles. The van der Waals surface area contributed by atoms with Crippen molar-refractivity contribution < 1.29 is 19.4 Å². The van der Waals surface area contributed by atoms with E-state index in [0.717, 1.165) is 19.3 Å². The summed E-state index contributed by atoms with van der Waals surface area (Å²) in [5.41, 5.74) is 6.01. The number of methoxy groups -OCH3 is 2. The third-order valence-corrected chi connectivity index (χ3v) is 4.41. The van der Waals surface area contributed by atoms with Gasteiger partial charge in [0.05, 0.1) is 25.9 Å². The Morgan fingerprint density at radius 1 is 1.21 bits per heavy atom. The Hall–Kier alpha value is -1.50. The molecule has 1 aliphatic rings. The summed E-state index contributed by atoms with van der Waals surface area (Å²) in [7, 11) is 3.10. The van der Waals surface area contributed by atoms with Gasteiger partial charge in [-0.25, -0.2) is 0 Å². The minimum atomic E-state index is -0.852. The number of rotatable bonds is 6. The van der Waals surface area contributed by atoms with Gasteiger partial charge >= 0.3 is 0 Å². The van der Waals surface area contributed by atoms with Crippen molar-refractivity contribution in [1.82, 2.24) is 5.32 Å². The number of hydrogen-bond donors (Lipinski definition) is 3. The number of aliphatic hydroxyl groups excluding tert-OH is 1. The van der Waals surface area contributed by atoms with Crippen LogP contribution in [0.2, 0.25) is 0 Å². The molecular weight excluding hydrogens is 332 g/mol. The second-order valence-electron chi connectivity index (χ2n) is 6.09. The summed E-state index contributed by atoms with van der Waals surface area (Å²) in [4.78, 5) is 12.3. The molecule has 0 heterocycles. The van der Waals surface area contributed by atoms with Crippen LogP contribution in [0.3, 0.4) is 0 Å². The molecule has 0 spiro atoms. The number of aliphatic hydroxyl groups is 1. The van der Waals surface area contributed by atoms with Gasteiger partial charge in [-0.05, 0) is 30.5 Å². The standard InChI is InChI=1S/C17H26N2O4.ClH/c1-22-13-8-12(9-14(10-13)23-2)15(20)11-19-16(21)17(18)6-4-3-5-7-17;/h8-10,15,20H,3-7,11,18H2,1-2H3,(H,19,21);1H. The monoisotopic (exact) mass is 358 g/mol. The van der Waals surface area contributed by atoms with E-state index in [4.69, 9.17) is 15.2 Å². The number of nitrogens with two attached hydrogens (primary N) is 1. The number of amides is 1. The van der Waals surface area contributed by atoms with Gasteiger partial charge in [-0.1, -0.05) is 19.3 Å². The smallest absolute Gasteiger partial charge is 0.240 e. The van der Waals surface area contributed by atoms with Gasteiger partial charge in [0.2, 0.25) is 5.91 Å². The Labute approximate surface area is 149 Å². The van der Waals surface area contributed by atoms with Gasteiger partial charge < -0.3 is 25.6 Å². The topological polar surface area (TPSA) is 93.8 Å². The first-order chi connectivity index (χ1) is 11.0. The summed E-state index contributed by atoms with van der Waals surface area (Å²) in [6.07, 6.45) is 3.61. The van der Waals surface area contributed by atoms with Crippen LogP contribution in [0.25, 0.3) is 0 Å². The van der Waals surface area contributed by atoms with Gasteiger partial charge in [0.1, 0.15) is 11.5 Å². The molecule has 4 N–H and O–H groups in total. The van der Waals surface area contributed by atoms with Gasteiger partial charge in [0.25, 0.3) is 0 Å². The number of benzene rings is 1. The van der Waals surface area contributed by atoms with Gasteiger partial charge in [-0.3, -0.25) is 4.79 Å². The van der Waals surface area contributed by atoms with Crippen molar-refractivity contribution in [2.75, 3.05) is 20.8 Å². The average Bonchev–Trinajstić information content (AvgIpc) is 2.59. The molecule has 1 aromatic rings. The molecule has 6 nitrogen and oxygen atoms in total. The lowest BCUT2D eigenvalue weighted by molar-refractivity contribution is -0.128. The highest BCUT2D eigenvalue weighted by Crippen LogP contribution is 2.28. The first-order valence-corrected chi connectivity index (χ1v) is 7.97. The molecule has 1 aliphatic carbocycles. The highest BCUT2D eigenvalue weighted by atomic mass is 35.5. The van der Waals surface area contributed by atoms with E-state index in [2.05, 4.69) is 5.32 Å². The minimum absolute atomic E-state index is 0. The molecule has 0 bridgehead atoms. The van der Waals surface area contributed by atoms with E-state index in [-0.39, 0.29) is 24.9 Å². The summed E-state index contributed by atoms with van der Waals surface area (Å²) in [6, 6.07) is 5.17. The summed E-state index contributed by atoms with van der Waals surface area (Å²) in [5.74, 6) is 0.991. The maximum absolute atomic E-state index is 12.3. The molecule has 1 amide bonds. The number of carbonyl (C=O) groups is 1. The summed E-state index contributed by atoms with van der Waals surface area (Å²) < 4.78 is 10.4. The van der Waals surface area contributed by atoms with Crippen LogP contribution in [-0.4, -0.2) is 37.3 Å². The number of hydrogen-bond acceptors (Lipinski definition) is 5. The summed E-state index contributed by atoms with van der Waals surface area (Å²) >= 11 is 0. The normalized spacial score (nSPS) is 17.3. The molecule has 1 saturated carbocycles. The Bertz CT molecular complexity index is 525. The second-order valence-corrected chi connectivity index (χ2v) is 6.09. The molecule has 0 saturated heterocycles. The molecule has 1 atom stereocenters. The minimum Gasteiger partial charge on any atom is -0.497 e. The van der Waals surface area contributed by atoms with Crippen molar-refractivity contribution >= 4 is 18.3 Å². The molecule has 0 radical (unpaired) electrons. The zero-order valence-corrected chi connectivity index (χ0v) is 15.0. The first-order valence-electron chi connectivity index (χ1n) is 7.97. The van der Waals surface area contributed by atoms with Crippen molar-refractivity contribution in [2.24, 2.45) is 5.73 Å². The molecular formula is C17H27ClN2O4. The van der Waals surface area contributed by atoms with Crippen molar-refractivity contribution in [1.29, 1.82) is 0 Å². The second kappa shape index (κ2) is 9.11. The van der Waals surface area contributed by atoms with Gasteiger partial charge in [-0.2, -0.15) is 0 Å². The fourth-order valence-electron chi connectivity index (χ4n) is 2.91. The van der Waals surface area contributed by atoms with E-state index in [1.165, 1.54) is 0 Å². The Balaban J connectivity index is 0.00000288. The van der Waals surface area contributed by atoms with Crippen LogP contribution >= 0.6 is 12.4 Å². The van der Waals surface area contributed by atoms with E-state index >= 15 is 0 Å². The molecule has 7 heteroatoms. The SMILES string of the molecule is COc1cc(OC)cc(C(O)CNC(=O)C2(N)CCCCC2)c1.Cl. The number of nitrogens with one attached hydrogen (secondary N) is 1. The predicted octanol–water partition coefficient (Wildman–Crippen LogP) is 1.94. The third kappa shape index (κ3) is 5.00. The molecule has 1 aromatic carbocycles. The average molecular weight is 359 g/mol. The molecule has 1 unspecified atom stereocenters. The van der Waals surface area contributed by atoms with Crippen molar-refractivity contribution in [3.05, 3.63) is 23.8 Å². The third-order valence-electron chi connectivity index (χ3n) is 4.41. The molecule has 24 heavy (non-hydrogen) atoms.